The van der Waals surface area contributed by atoms with E-state index in [9.17, 15) is 4.79 Å². The Bertz CT molecular complexity index is 117. The van der Waals surface area contributed by atoms with Gasteiger partial charge < -0.3 is 5.32 Å². The van der Waals surface area contributed by atoms with E-state index in [1.165, 1.54) is 0 Å². The summed E-state index contributed by atoms with van der Waals surface area (Å²) in [6.07, 6.45) is 3.74. The lowest BCUT2D eigenvalue weighted by Crippen LogP contribution is -2.24. The summed E-state index contributed by atoms with van der Waals surface area (Å²) in [7, 11) is 0. The van der Waals surface area contributed by atoms with Crippen LogP contribution in [0.4, 0.5) is 0 Å². The fraction of sp³-hybridized carbons (Fsp3) is 0.875. The Balaban J connectivity index is 3.20. The second-order valence-corrected chi connectivity index (χ2v) is 3.81. The number of carbonyl (C=O) groups is 1. The molecule has 66 valence electrons. The van der Waals surface area contributed by atoms with Crippen LogP contribution in [0.2, 0.25) is 0 Å². The summed E-state index contributed by atoms with van der Waals surface area (Å²) < 4.78 is 0. The minimum atomic E-state index is 0.151. The van der Waals surface area contributed by atoms with Crippen molar-refractivity contribution in [2.45, 2.75) is 31.9 Å². The molecular formula is C8H17NOS. The third-order valence-electron chi connectivity index (χ3n) is 1.60. The van der Waals surface area contributed by atoms with Crippen molar-refractivity contribution in [2.75, 3.05) is 12.8 Å². The number of thioether (sulfide) groups is 1. The fourth-order valence-corrected chi connectivity index (χ4v) is 1.01. The second-order valence-electron chi connectivity index (χ2n) is 2.54. The van der Waals surface area contributed by atoms with Crippen LogP contribution in [0.3, 0.4) is 0 Å². The zero-order chi connectivity index (χ0) is 8.69. The van der Waals surface area contributed by atoms with E-state index in [1.54, 1.807) is 0 Å². The summed E-state index contributed by atoms with van der Waals surface area (Å²) in [5.74, 6) is 0.151. The minimum Gasteiger partial charge on any atom is -0.356 e. The first-order valence-electron chi connectivity index (χ1n) is 4.00. The fourth-order valence-electron chi connectivity index (χ4n) is 0.658. The average Bonchev–Trinajstić information content (AvgIpc) is 2.04. The van der Waals surface area contributed by atoms with Gasteiger partial charge in [0.05, 0.1) is 0 Å². The molecule has 0 aliphatic heterocycles. The van der Waals surface area contributed by atoms with Crippen LogP contribution in [0.5, 0.6) is 0 Å². The molecule has 2 nitrogen and oxygen atoms in total. The van der Waals surface area contributed by atoms with Gasteiger partial charge in [0, 0.05) is 18.2 Å². The Kier molecular flexibility index (Phi) is 6.42. The maximum Gasteiger partial charge on any atom is 0.219 e. The zero-order valence-electron chi connectivity index (χ0n) is 7.52. The molecule has 1 N–H and O–H groups in total. The lowest BCUT2D eigenvalue weighted by atomic mass is 10.3. The predicted molar refractivity (Wildman–Crippen MR) is 50.9 cm³/mol. The molecule has 0 aromatic heterocycles. The van der Waals surface area contributed by atoms with Crippen LogP contribution >= 0.6 is 11.8 Å². The van der Waals surface area contributed by atoms with Crippen molar-refractivity contribution in [3.63, 3.8) is 0 Å². The lowest BCUT2D eigenvalue weighted by molar-refractivity contribution is -0.120. The number of hydrogen-bond donors (Lipinski definition) is 1. The standard InChI is InChI=1S/C8H17NOS/c1-4-8(10)9-6-5-7(2)11-3/h7H,4-6H2,1-3H3,(H,9,10). The molecule has 0 saturated heterocycles. The quantitative estimate of drug-likeness (QED) is 0.688. The summed E-state index contributed by atoms with van der Waals surface area (Å²) in [5.41, 5.74) is 0. The summed E-state index contributed by atoms with van der Waals surface area (Å²) in [6.45, 7) is 4.85. The molecule has 0 fully saturated rings. The van der Waals surface area contributed by atoms with Gasteiger partial charge in [0.1, 0.15) is 0 Å². The van der Waals surface area contributed by atoms with Crippen molar-refractivity contribution < 1.29 is 4.79 Å². The summed E-state index contributed by atoms with van der Waals surface area (Å²) in [5, 5.41) is 3.49. The first-order valence-corrected chi connectivity index (χ1v) is 5.29. The van der Waals surface area contributed by atoms with Gasteiger partial charge in [-0.05, 0) is 12.7 Å². The Morgan fingerprint density at radius 2 is 2.27 bits per heavy atom. The van der Waals surface area contributed by atoms with E-state index in [-0.39, 0.29) is 5.91 Å². The maximum absolute atomic E-state index is 10.8. The maximum atomic E-state index is 10.8. The molecule has 0 aromatic rings. The van der Waals surface area contributed by atoms with Crippen molar-refractivity contribution >= 4 is 17.7 Å². The minimum absolute atomic E-state index is 0.151. The molecule has 0 heterocycles. The van der Waals surface area contributed by atoms with Crippen LogP contribution in [0.15, 0.2) is 0 Å². The van der Waals surface area contributed by atoms with E-state index in [4.69, 9.17) is 0 Å². The van der Waals surface area contributed by atoms with Crippen molar-refractivity contribution in [3.05, 3.63) is 0 Å². The van der Waals surface area contributed by atoms with Crippen molar-refractivity contribution in [2.24, 2.45) is 0 Å². The molecule has 0 spiro atoms. The van der Waals surface area contributed by atoms with Gasteiger partial charge in [-0.1, -0.05) is 13.8 Å². The molecular weight excluding hydrogens is 158 g/mol. The molecule has 0 aromatic carbocycles. The average molecular weight is 175 g/mol. The second kappa shape index (κ2) is 6.53. The molecule has 11 heavy (non-hydrogen) atoms. The third-order valence-corrected chi connectivity index (χ3v) is 2.64. The molecule has 0 saturated carbocycles. The first kappa shape index (κ1) is 10.8. The molecule has 0 aliphatic carbocycles. The van der Waals surface area contributed by atoms with Crippen molar-refractivity contribution in [3.8, 4) is 0 Å². The van der Waals surface area contributed by atoms with E-state index >= 15 is 0 Å². The number of amides is 1. The first-order chi connectivity index (χ1) is 5.20. The smallest absolute Gasteiger partial charge is 0.219 e. The third kappa shape index (κ3) is 6.23. The van der Waals surface area contributed by atoms with Gasteiger partial charge in [0.2, 0.25) is 5.91 Å². The predicted octanol–water partition coefficient (Wildman–Crippen LogP) is 1.65. The van der Waals surface area contributed by atoms with Gasteiger partial charge in [-0.25, -0.2) is 0 Å². The van der Waals surface area contributed by atoms with Gasteiger partial charge >= 0.3 is 0 Å². The lowest BCUT2D eigenvalue weighted by Gasteiger charge is -2.07. The molecule has 3 heteroatoms. The van der Waals surface area contributed by atoms with Crippen molar-refractivity contribution in [1.82, 2.24) is 5.32 Å². The van der Waals surface area contributed by atoms with Gasteiger partial charge in [0.25, 0.3) is 0 Å². The van der Waals surface area contributed by atoms with Crippen LogP contribution in [0.25, 0.3) is 0 Å². The Hall–Kier alpha value is -0.180. The van der Waals surface area contributed by atoms with Gasteiger partial charge in [-0.3, -0.25) is 4.79 Å². The number of carbonyl (C=O) groups excluding carboxylic acids is 1. The van der Waals surface area contributed by atoms with Gasteiger partial charge in [-0.15, -0.1) is 0 Å². The summed E-state index contributed by atoms with van der Waals surface area (Å²) in [6, 6.07) is 0. The Morgan fingerprint density at radius 1 is 1.64 bits per heavy atom. The van der Waals surface area contributed by atoms with Crippen LogP contribution in [-0.4, -0.2) is 24.0 Å². The van der Waals surface area contributed by atoms with Gasteiger partial charge in [0.15, 0.2) is 0 Å². The van der Waals surface area contributed by atoms with Crippen LogP contribution < -0.4 is 5.32 Å². The van der Waals surface area contributed by atoms with Crippen LogP contribution in [-0.2, 0) is 4.79 Å². The Morgan fingerprint density at radius 3 is 2.73 bits per heavy atom. The van der Waals surface area contributed by atoms with E-state index in [1.807, 2.05) is 18.7 Å². The summed E-state index contributed by atoms with van der Waals surface area (Å²) in [4.78, 5) is 10.8. The number of nitrogens with one attached hydrogen (secondary N) is 1. The monoisotopic (exact) mass is 175 g/mol. The largest absolute Gasteiger partial charge is 0.356 e. The van der Waals surface area contributed by atoms with Gasteiger partial charge in [-0.2, -0.15) is 11.8 Å². The van der Waals surface area contributed by atoms with E-state index in [0.29, 0.717) is 11.7 Å². The molecule has 0 rings (SSSR count). The number of rotatable bonds is 5. The van der Waals surface area contributed by atoms with E-state index in [2.05, 4.69) is 18.5 Å². The normalized spacial score (nSPS) is 12.6. The highest BCUT2D eigenvalue weighted by molar-refractivity contribution is 7.99. The van der Waals surface area contributed by atoms with Crippen LogP contribution in [0.1, 0.15) is 26.7 Å². The van der Waals surface area contributed by atoms with E-state index < -0.39 is 0 Å². The molecule has 1 unspecified atom stereocenters. The highest BCUT2D eigenvalue weighted by Gasteiger charge is 1.99. The molecule has 0 radical (unpaired) electrons. The van der Waals surface area contributed by atoms with E-state index in [0.717, 1.165) is 13.0 Å². The Labute approximate surface area is 73.1 Å². The molecule has 1 amide bonds. The number of hydrogen-bond acceptors (Lipinski definition) is 2. The topological polar surface area (TPSA) is 29.1 Å². The summed E-state index contributed by atoms with van der Waals surface area (Å²) >= 11 is 1.83. The van der Waals surface area contributed by atoms with Crippen LogP contribution in [0, 0.1) is 0 Å². The molecule has 0 bridgehead atoms. The molecule has 0 aliphatic rings. The SMILES string of the molecule is CCC(=O)NCCC(C)SC. The van der Waals surface area contributed by atoms with Crippen molar-refractivity contribution in [1.29, 1.82) is 0 Å². The molecule has 1 atom stereocenters. The highest BCUT2D eigenvalue weighted by Crippen LogP contribution is 2.07. The highest BCUT2D eigenvalue weighted by atomic mass is 32.2. The zero-order valence-corrected chi connectivity index (χ0v) is 8.33.